The van der Waals surface area contributed by atoms with E-state index in [0.29, 0.717) is 11.2 Å². The molecule has 1 saturated heterocycles. The van der Waals surface area contributed by atoms with Crippen LogP contribution in [0.15, 0.2) is 22.9 Å². The Morgan fingerprint density at radius 1 is 1.21 bits per heavy atom. The fourth-order valence-corrected chi connectivity index (χ4v) is 3.11. The first kappa shape index (κ1) is 15.6. The van der Waals surface area contributed by atoms with Crippen molar-refractivity contribution in [1.82, 2.24) is 20.0 Å². The van der Waals surface area contributed by atoms with E-state index < -0.39 is 0 Å². The van der Waals surface area contributed by atoms with Crippen LogP contribution in [0.1, 0.15) is 32.1 Å². The van der Waals surface area contributed by atoms with Crippen LogP contribution in [0.4, 0.5) is 5.82 Å². The Hall–Kier alpha value is -1.95. The summed E-state index contributed by atoms with van der Waals surface area (Å²) < 4.78 is 5.44. The maximum absolute atomic E-state index is 5.44. The van der Waals surface area contributed by atoms with Crippen LogP contribution in [0.5, 0.6) is 0 Å². The first-order chi connectivity index (χ1) is 11.6. The van der Waals surface area contributed by atoms with Gasteiger partial charge in [-0.3, -0.25) is 0 Å². The normalized spacial score (nSPS) is 20.3. The van der Waals surface area contributed by atoms with Gasteiger partial charge in [-0.25, -0.2) is 4.98 Å². The summed E-state index contributed by atoms with van der Waals surface area (Å²) in [4.78, 5) is 13.8. The first-order valence-corrected chi connectivity index (χ1v) is 8.84. The minimum absolute atomic E-state index is 0.514. The summed E-state index contributed by atoms with van der Waals surface area (Å²) in [5.74, 6) is 2.41. The predicted octanol–water partition coefficient (Wildman–Crippen LogP) is 2.62. The molecule has 0 atom stereocenters. The Labute approximate surface area is 142 Å². The van der Waals surface area contributed by atoms with Crippen molar-refractivity contribution in [3.63, 3.8) is 0 Å². The second-order valence-corrected chi connectivity index (χ2v) is 7.52. The van der Waals surface area contributed by atoms with Gasteiger partial charge in [0.25, 0.3) is 0 Å². The molecule has 0 spiro atoms. The van der Waals surface area contributed by atoms with Gasteiger partial charge in [-0.2, -0.15) is 4.98 Å². The zero-order chi connectivity index (χ0) is 16.6. The highest BCUT2D eigenvalue weighted by Crippen LogP contribution is 2.48. The Bertz CT molecular complexity index is 701. The molecule has 2 aliphatic rings. The lowest BCUT2D eigenvalue weighted by Gasteiger charge is -2.33. The van der Waals surface area contributed by atoms with Crippen LogP contribution in [0.3, 0.4) is 0 Å². The van der Waals surface area contributed by atoms with E-state index in [0.717, 1.165) is 56.3 Å². The van der Waals surface area contributed by atoms with Crippen molar-refractivity contribution in [2.45, 2.75) is 32.6 Å². The van der Waals surface area contributed by atoms with Gasteiger partial charge in [0.2, 0.25) is 11.7 Å². The first-order valence-electron chi connectivity index (χ1n) is 8.84. The molecular formula is C18H25N5O. The molecule has 128 valence electrons. The van der Waals surface area contributed by atoms with Crippen molar-refractivity contribution in [2.24, 2.45) is 5.41 Å². The maximum atomic E-state index is 5.44. The highest BCUT2D eigenvalue weighted by molar-refractivity contribution is 5.59. The fourth-order valence-electron chi connectivity index (χ4n) is 3.11. The van der Waals surface area contributed by atoms with Crippen LogP contribution < -0.4 is 4.90 Å². The maximum Gasteiger partial charge on any atom is 0.226 e. The zero-order valence-electron chi connectivity index (χ0n) is 14.5. The van der Waals surface area contributed by atoms with Gasteiger partial charge in [0.15, 0.2) is 0 Å². The smallest absolute Gasteiger partial charge is 0.226 e. The van der Waals surface area contributed by atoms with E-state index in [9.17, 15) is 0 Å². The quantitative estimate of drug-likeness (QED) is 0.841. The summed E-state index contributed by atoms with van der Waals surface area (Å²) in [5, 5.41) is 4.17. The molecule has 4 rings (SSSR count). The monoisotopic (exact) mass is 327 g/mol. The van der Waals surface area contributed by atoms with Crippen molar-refractivity contribution in [3.05, 3.63) is 24.2 Å². The van der Waals surface area contributed by atoms with Gasteiger partial charge >= 0.3 is 0 Å². The number of hydrogen-bond acceptors (Lipinski definition) is 6. The van der Waals surface area contributed by atoms with E-state index in [1.807, 2.05) is 12.3 Å². The van der Waals surface area contributed by atoms with Crippen molar-refractivity contribution in [1.29, 1.82) is 0 Å². The lowest BCUT2D eigenvalue weighted by Crippen LogP contribution is -2.44. The van der Waals surface area contributed by atoms with Crippen molar-refractivity contribution < 1.29 is 4.52 Å². The molecular weight excluding hydrogens is 302 g/mol. The van der Waals surface area contributed by atoms with Crippen molar-refractivity contribution in [3.8, 4) is 11.4 Å². The van der Waals surface area contributed by atoms with Crippen LogP contribution in [-0.4, -0.2) is 53.3 Å². The summed E-state index contributed by atoms with van der Waals surface area (Å²) in [6.45, 7) is 6.47. The highest BCUT2D eigenvalue weighted by Gasteiger charge is 2.36. The third-order valence-corrected chi connectivity index (χ3v) is 5.35. The van der Waals surface area contributed by atoms with E-state index in [1.165, 1.54) is 12.8 Å². The van der Waals surface area contributed by atoms with Crippen LogP contribution in [0.25, 0.3) is 11.4 Å². The fraction of sp³-hybridized carbons (Fsp3) is 0.611. The van der Waals surface area contributed by atoms with Crippen molar-refractivity contribution >= 4 is 5.82 Å². The predicted molar refractivity (Wildman–Crippen MR) is 92.9 cm³/mol. The summed E-state index contributed by atoms with van der Waals surface area (Å²) in [5.41, 5.74) is 1.49. The SMILES string of the molecule is CN1CCN(c2cc(-c3noc(CCC4(C)CC4)n3)ccn2)CC1. The molecule has 24 heavy (non-hydrogen) atoms. The molecule has 2 aromatic rings. The molecule has 0 aromatic carbocycles. The number of aryl methyl sites for hydroxylation is 1. The Kier molecular flexibility index (Phi) is 4.00. The highest BCUT2D eigenvalue weighted by atomic mass is 16.5. The van der Waals surface area contributed by atoms with E-state index in [2.05, 4.69) is 45.0 Å². The van der Waals surface area contributed by atoms with Crippen LogP contribution in [0, 0.1) is 5.41 Å². The molecule has 6 heteroatoms. The molecule has 0 amide bonds. The van der Waals surface area contributed by atoms with E-state index >= 15 is 0 Å². The van der Waals surface area contributed by atoms with E-state index in [-0.39, 0.29) is 0 Å². The molecule has 1 saturated carbocycles. The summed E-state index contributed by atoms with van der Waals surface area (Å²) in [6, 6.07) is 4.03. The largest absolute Gasteiger partial charge is 0.354 e. The van der Waals surface area contributed by atoms with Gasteiger partial charge in [0.1, 0.15) is 5.82 Å². The number of anilines is 1. The average Bonchev–Trinajstić information content (AvgIpc) is 3.15. The van der Waals surface area contributed by atoms with E-state index in [1.54, 1.807) is 0 Å². The van der Waals surface area contributed by atoms with Gasteiger partial charge < -0.3 is 14.3 Å². The van der Waals surface area contributed by atoms with Gasteiger partial charge in [0, 0.05) is 44.4 Å². The Morgan fingerprint density at radius 3 is 2.75 bits per heavy atom. The van der Waals surface area contributed by atoms with E-state index in [4.69, 9.17) is 4.52 Å². The van der Waals surface area contributed by atoms with Crippen LogP contribution >= 0.6 is 0 Å². The lowest BCUT2D eigenvalue weighted by molar-refractivity contribution is 0.312. The summed E-state index contributed by atoms with van der Waals surface area (Å²) in [6.07, 6.45) is 6.50. The minimum atomic E-state index is 0.514. The van der Waals surface area contributed by atoms with Crippen molar-refractivity contribution in [2.75, 3.05) is 38.1 Å². The summed E-state index contributed by atoms with van der Waals surface area (Å²) >= 11 is 0. The zero-order valence-corrected chi connectivity index (χ0v) is 14.5. The second-order valence-electron chi connectivity index (χ2n) is 7.52. The van der Waals surface area contributed by atoms with Gasteiger partial charge in [-0.1, -0.05) is 12.1 Å². The lowest BCUT2D eigenvalue weighted by atomic mass is 10.0. The molecule has 0 N–H and O–H groups in total. The van der Waals surface area contributed by atoms with Gasteiger partial charge in [0.05, 0.1) is 0 Å². The minimum Gasteiger partial charge on any atom is -0.354 e. The number of hydrogen-bond donors (Lipinski definition) is 0. The third-order valence-electron chi connectivity index (χ3n) is 5.35. The topological polar surface area (TPSA) is 58.3 Å². The number of pyridine rings is 1. The van der Waals surface area contributed by atoms with Gasteiger partial charge in [-0.05, 0) is 43.9 Å². The molecule has 1 aliphatic carbocycles. The molecule has 1 aliphatic heterocycles. The van der Waals surface area contributed by atoms with Crippen LogP contribution in [-0.2, 0) is 6.42 Å². The molecule has 3 heterocycles. The summed E-state index contributed by atoms with van der Waals surface area (Å²) in [7, 11) is 2.16. The third kappa shape index (κ3) is 3.43. The Morgan fingerprint density at radius 2 is 2.00 bits per heavy atom. The number of rotatable bonds is 5. The number of aromatic nitrogens is 3. The average molecular weight is 327 g/mol. The molecule has 0 bridgehead atoms. The second kappa shape index (κ2) is 6.16. The number of piperazine rings is 1. The number of nitrogens with zero attached hydrogens (tertiary/aromatic N) is 5. The molecule has 6 nitrogen and oxygen atoms in total. The Balaban J connectivity index is 1.46. The molecule has 0 radical (unpaired) electrons. The molecule has 2 aromatic heterocycles. The standard InChI is InChI=1S/C18H25N5O/c1-18(6-7-18)5-3-16-20-17(21-24-16)14-4-8-19-15(13-14)23-11-9-22(2)10-12-23/h4,8,13H,3,5-7,9-12H2,1-2H3. The number of likely N-dealkylation sites (N-methyl/N-ethyl adjacent to an activating group) is 1. The molecule has 2 fully saturated rings. The van der Waals surface area contributed by atoms with Gasteiger partial charge in [-0.15, -0.1) is 0 Å². The molecule has 0 unspecified atom stereocenters. The van der Waals surface area contributed by atoms with Crippen LogP contribution in [0.2, 0.25) is 0 Å².